The van der Waals surface area contributed by atoms with Crippen LogP contribution in [0.4, 0.5) is 5.82 Å². The van der Waals surface area contributed by atoms with Crippen LogP contribution in [-0.4, -0.2) is 11.6 Å². The van der Waals surface area contributed by atoms with Crippen LogP contribution in [-0.2, 0) is 6.54 Å². The van der Waals surface area contributed by atoms with Crippen LogP contribution in [0.25, 0.3) is 11.3 Å². The normalized spacial score (nSPS) is 10.4. The van der Waals surface area contributed by atoms with Gasteiger partial charge in [0.05, 0.1) is 17.9 Å². The number of nitriles is 1. The first kappa shape index (κ1) is 18.6. The van der Waals surface area contributed by atoms with Gasteiger partial charge in [-0.1, -0.05) is 55.8 Å². The first-order valence-corrected chi connectivity index (χ1v) is 9.36. The van der Waals surface area contributed by atoms with Crippen molar-refractivity contribution in [1.82, 2.24) is 4.98 Å². The molecule has 0 amide bonds. The molecular formula is C23H25N3O. The fourth-order valence-electron chi connectivity index (χ4n) is 2.99. The van der Waals surface area contributed by atoms with Crippen LogP contribution in [0.5, 0.6) is 5.75 Å². The minimum absolute atomic E-state index is 0.637. The molecule has 138 valence electrons. The van der Waals surface area contributed by atoms with E-state index in [4.69, 9.17) is 4.74 Å². The summed E-state index contributed by atoms with van der Waals surface area (Å²) < 4.78 is 5.70. The van der Waals surface area contributed by atoms with Gasteiger partial charge in [0.25, 0.3) is 0 Å². The van der Waals surface area contributed by atoms with Gasteiger partial charge < -0.3 is 15.0 Å². The van der Waals surface area contributed by atoms with E-state index >= 15 is 0 Å². The summed E-state index contributed by atoms with van der Waals surface area (Å²) in [6.07, 6.45) is 2.19. The summed E-state index contributed by atoms with van der Waals surface area (Å²) in [6.45, 7) is 5.52. The number of nitrogens with one attached hydrogen (secondary N) is 2. The molecule has 4 nitrogen and oxygen atoms in total. The lowest BCUT2D eigenvalue weighted by molar-refractivity contribution is 0.309. The quantitative estimate of drug-likeness (QED) is 0.511. The van der Waals surface area contributed by atoms with Crippen molar-refractivity contribution in [3.63, 3.8) is 0 Å². The zero-order chi connectivity index (χ0) is 19.1. The zero-order valence-corrected chi connectivity index (χ0v) is 15.9. The molecule has 4 heteroatoms. The van der Waals surface area contributed by atoms with Gasteiger partial charge in [-0.3, -0.25) is 0 Å². The third-order valence-corrected chi connectivity index (χ3v) is 4.58. The molecule has 0 unspecified atom stereocenters. The molecule has 2 aromatic carbocycles. The van der Waals surface area contributed by atoms with Crippen molar-refractivity contribution in [2.75, 3.05) is 11.9 Å². The van der Waals surface area contributed by atoms with Gasteiger partial charge in [0.1, 0.15) is 17.6 Å². The lowest BCUT2D eigenvalue weighted by Crippen LogP contribution is -2.02. The standard InChI is InChI=1S/C23H25N3O/c1-3-4-14-27-20-12-10-18(11-13-20)16-25-23-21(15-24)17(2)22(26-23)19-8-6-5-7-9-19/h5-13,25-26H,3-4,14,16H2,1-2H3. The van der Waals surface area contributed by atoms with Crippen LogP contribution in [0.15, 0.2) is 54.6 Å². The maximum atomic E-state index is 9.57. The van der Waals surface area contributed by atoms with Gasteiger partial charge in [0.2, 0.25) is 0 Å². The molecule has 3 rings (SSSR count). The highest BCUT2D eigenvalue weighted by Crippen LogP contribution is 2.30. The zero-order valence-electron chi connectivity index (χ0n) is 15.9. The SMILES string of the molecule is CCCCOc1ccc(CNc2[nH]c(-c3ccccc3)c(C)c2C#N)cc1. The fourth-order valence-corrected chi connectivity index (χ4v) is 2.99. The smallest absolute Gasteiger partial charge is 0.122 e. The summed E-state index contributed by atoms with van der Waals surface area (Å²) in [5.74, 6) is 1.66. The molecule has 0 bridgehead atoms. The molecule has 2 N–H and O–H groups in total. The highest BCUT2D eigenvalue weighted by molar-refractivity contribution is 5.73. The van der Waals surface area contributed by atoms with Crippen molar-refractivity contribution in [3.05, 3.63) is 71.3 Å². The highest BCUT2D eigenvalue weighted by atomic mass is 16.5. The van der Waals surface area contributed by atoms with Gasteiger partial charge >= 0.3 is 0 Å². The average molecular weight is 359 g/mol. The van der Waals surface area contributed by atoms with Crippen LogP contribution >= 0.6 is 0 Å². The third-order valence-electron chi connectivity index (χ3n) is 4.58. The van der Waals surface area contributed by atoms with Gasteiger partial charge in [-0.05, 0) is 42.2 Å². The van der Waals surface area contributed by atoms with E-state index in [1.165, 1.54) is 0 Å². The van der Waals surface area contributed by atoms with Crippen LogP contribution in [0.2, 0.25) is 0 Å². The maximum Gasteiger partial charge on any atom is 0.122 e. The second-order valence-corrected chi connectivity index (χ2v) is 6.55. The number of H-pyrrole nitrogens is 1. The molecular weight excluding hydrogens is 334 g/mol. The van der Waals surface area contributed by atoms with Gasteiger partial charge in [-0.2, -0.15) is 5.26 Å². The van der Waals surface area contributed by atoms with Crippen molar-refractivity contribution >= 4 is 5.82 Å². The molecule has 1 aromatic heterocycles. The molecule has 0 radical (unpaired) electrons. The van der Waals surface area contributed by atoms with Crippen molar-refractivity contribution in [2.24, 2.45) is 0 Å². The summed E-state index contributed by atoms with van der Waals surface area (Å²) >= 11 is 0. The molecule has 27 heavy (non-hydrogen) atoms. The Morgan fingerprint density at radius 1 is 1.07 bits per heavy atom. The monoisotopic (exact) mass is 359 g/mol. The van der Waals surface area contributed by atoms with E-state index in [1.807, 2.05) is 61.5 Å². The van der Waals surface area contributed by atoms with E-state index in [0.717, 1.165) is 53.4 Å². The first-order valence-electron chi connectivity index (χ1n) is 9.36. The number of rotatable bonds is 8. The van der Waals surface area contributed by atoms with E-state index in [1.54, 1.807) is 0 Å². The largest absolute Gasteiger partial charge is 0.494 e. The van der Waals surface area contributed by atoms with E-state index in [0.29, 0.717) is 12.1 Å². The average Bonchev–Trinajstić information content (AvgIpc) is 3.03. The number of hydrogen-bond donors (Lipinski definition) is 2. The summed E-state index contributed by atoms with van der Waals surface area (Å²) in [6, 6.07) is 20.5. The van der Waals surface area contributed by atoms with Gasteiger partial charge in [-0.25, -0.2) is 0 Å². The van der Waals surface area contributed by atoms with Gasteiger partial charge in [0, 0.05) is 6.54 Å². The van der Waals surface area contributed by atoms with Gasteiger partial charge in [-0.15, -0.1) is 0 Å². The number of unbranched alkanes of at least 4 members (excludes halogenated alkanes) is 1. The molecule has 0 aliphatic heterocycles. The number of ether oxygens (including phenoxy) is 1. The van der Waals surface area contributed by atoms with Crippen LogP contribution in [0.1, 0.15) is 36.5 Å². The molecule has 0 fully saturated rings. The van der Waals surface area contributed by atoms with Crippen molar-refractivity contribution in [1.29, 1.82) is 5.26 Å². The molecule has 3 aromatic rings. The minimum Gasteiger partial charge on any atom is -0.494 e. The molecule has 0 aliphatic carbocycles. The number of hydrogen-bond acceptors (Lipinski definition) is 3. The lowest BCUT2D eigenvalue weighted by Gasteiger charge is -2.08. The second kappa shape index (κ2) is 8.95. The molecule has 0 saturated carbocycles. The van der Waals surface area contributed by atoms with Gasteiger partial charge in [0.15, 0.2) is 0 Å². The Morgan fingerprint density at radius 2 is 1.81 bits per heavy atom. The van der Waals surface area contributed by atoms with E-state index in [-0.39, 0.29) is 0 Å². The molecule has 0 aliphatic rings. The lowest BCUT2D eigenvalue weighted by atomic mass is 10.1. The Kier molecular flexibility index (Phi) is 6.17. The Bertz CT molecular complexity index is 905. The molecule has 0 saturated heterocycles. The van der Waals surface area contributed by atoms with Crippen molar-refractivity contribution in [2.45, 2.75) is 33.2 Å². The Hall–Kier alpha value is -3.19. The summed E-state index contributed by atoms with van der Waals surface area (Å²) in [5.41, 5.74) is 4.82. The fraction of sp³-hybridized carbons (Fsp3) is 0.261. The predicted octanol–water partition coefficient (Wildman–Crippen LogP) is 5.65. The maximum absolute atomic E-state index is 9.57. The number of benzene rings is 2. The topological polar surface area (TPSA) is 60.8 Å². The molecule has 0 atom stereocenters. The summed E-state index contributed by atoms with van der Waals surface area (Å²) in [4.78, 5) is 3.37. The minimum atomic E-state index is 0.637. The summed E-state index contributed by atoms with van der Waals surface area (Å²) in [5, 5.41) is 12.9. The number of nitrogens with zero attached hydrogens (tertiary/aromatic N) is 1. The van der Waals surface area contributed by atoms with Crippen LogP contribution < -0.4 is 10.1 Å². The van der Waals surface area contributed by atoms with E-state index < -0.39 is 0 Å². The van der Waals surface area contributed by atoms with Crippen LogP contribution in [0.3, 0.4) is 0 Å². The molecule has 1 heterocycles. The highest BCUT2D eigenvalue weighted by Gasteiger charge is 2.15. The third kappa shape index (κ3) is 4.51. The Morgan fingerprint density at radius 3 is 2.48 bits per heavy atom. The number of anilines is 1. The van der Waals surface area contributed by atoms with E-state index in [9.17, 15) is 5.26 Å². The Balaban J connectivity index is 1.70. The van der Waals surface area contributed by atoms with Crippen molar-refractivity contribution < 1.29 is 4.74 Å². The number of aromatic nitrogens is 1. The second-order valence-electron chi connectivity index (χ2n) is 6.55. The molecule has 0 spiro atoms. The first-order chi connectivity index (χ1) is 13.2. The number of aromatic amines is 1. The van der Waals surface area contributed by atoms with E-state index in [2.05, 4.69) is 23.3 Å². The summed E-state index contributed by atoms with van der Waals surface area (Å²) in [7, 11) is 0. The predicted molar refractivity (Wildman–Crippen MR) is 110 cm³/mol. The van der Waals surface area contributed by atoms with Crippen LogP contribution in [0, 0.1) is 18.3 Å². The van der Waals surface area contributed by atoms with Crippen molar-refractivity contribution in [3.8, 4) is 23.1 Å². The Labute approximate surface area is 160 Å².